The maximum absolute atomic E-state index is 12.5. The van der Waals surface area contributed by atoms with E-state index in [4.69, 9.17) is 4.74 Å². The summed E-state index contributed by atoms with van der Waals surface area (Å²) in [6, 6.07) is -0.549. The number of carbonyl (C=O) groups excluding carboxylic acids is 2. The Balaban J connectivity index is 3.43. The molecule has 0 saturated heterocycles. The molecule has 0 aliphatic heterocycles. The van der Waals surface area contributed by atoms with Crippen molar-refractivity contribution in [1.82, 2.24) is 5.32 Å². The van der Waals surface area contributed by atoms with E-state index < -0.39 is 12.1 Å². The van der Waals surface area contributed by atoms with Crippen LogP contribution in [-0.4, -0.2) is 47.4 Å². The van der Waals surface area contributed by atoms with Gasteiger partial charge in [0, 0.05) is 12.8 Å². The summed E-state index contributed by atoms with van der Waals surface area (Å²) < 4.78 is 5.47. The first-order valence-electron chi connectivity index (χ1n) is 27.6. The van der Waals surface area contributed by atoms with Gasteiger partial charge in [-0.1, -0.05) is 250 Å². The Morgan fingerprint density at radius 3 is 1.26 bits per heavy atom. The van der Waals surface area contributed by atoms with Gasteiger partial charge < -0.3 is 20.3 Å². The summed E-state index contributed by atoms with van der Waals surface area (Å²) in [6.07, 6.45) is 61.5. The van der Waals surface area contributed by atoms with Crippen LogP contribution in [0.5, 0.6) is 0 Å². The molecule has 3 N–H and O–H groups in total. The standard InChI is InChI=1S/C56H107NO5/c1-3-5-7-9-11-13-15-17-19-20-21-26-30-34-38-42-46-50-56(61)62-51-47-43-39-35-31-27-23-22-25-29-33-37-41-45-49-55(60)57-53(52-58)54(59)48-44-40-36-32-28-24-18-16-14-12-10-8-6-4-2/h11,13,17,19,53-54,58-59H,3-10,12,14-16,18,20-52H2,1-2H3,(H,57,60)/b13-11-,19-17-. The molecule has 62 heavy (non-hydrogen) atoms. The van der Waals surface area contributed by atoms with E-state index in [2.05, 4.69) is 43.5 Å². The number of aliphatic hydroxyl groups is 2. The first-order valence-corrected chi connectivity index (χ1v) is 27.6. The molecule has 0 heterocycles. The lowest BCUT2D eigenvalue weighted by Gasteiger charge is -2.22. The van der Waals surface area contributed by atoms with Gasteiger partial charge in [-0.15, -0.1) is 0 Å². The molecule has 0 rings (SSSR count). The van der Waals surface area contributed by atoms with E-state index in [1.54, 1.807) is 0 Å². The SMILES string of the molecule is CCCCC/C=C\C/C=C\CCCCCCCCCC(=O)OCCCCCCCCCCCCCCCCC(=O)NC(CO)C(O)CCCCCCCCCCCCCCCC. The summed E-state index contributed by atoms with van der Waals surface area (Å²) >= 11 is 0. The molecular formula is C56H107NO5. The minimum absolute atomic E-state index is 0.00973. The van der Waals surface area contributed by atoms with E-state index in [-0.39, 0.29) is 18.5 Å². The summed E-state index contributed by atoms with van der Waals surface area (Å²) in [5.41, 5.74) is 0. The highest BCUT2D eigenvalue weighted by atomic mass is 16.5. The fourth-order valence-corrected chi connectivity index (χ4v) is 8.49. The molecule has 366 valence electrons. The lowest BCUT2D eigenvalue weighted by molar-refractivity contribution is -0.143. The van der Waals surface area contributed by atoms with Crippen LogP contribution in [0.3, 0.4) is 0 Å². The largest absolute Gasteiger partial charge is 0.466 e. The van der Waals surface area contributed by atoms with Crippen molar-refractivity contribution in [3.63, 3.8) is 0 Å². The zero-order valence-corrected chi connectivity index (χ0v) is 41.6. The number of ether oxygens (including phenoxy) is 1. The van der Waals surface area contributed by atoms with Gasteiger partial charge in [-0.3, -0.25) is 9.59 Å². The van der Waals surface area contributed by atoms with Gasteiger partial charge in [-0.2, -0.15) is 0 Å². The molecule has 0 aliphatic rings. The third-order valence-corrected chi connectivity index (χ3v) is 12.8. The summed E-state index contributed by atoms with van der Waals surface area (Å²) in [4.78, 5) is 24.5. The van der Waals surface area contributed by atoms with E-state index in [1.165, 1.54) is 205 Å². The maximum atomic E-state index is 12.5. The molecule has 2 unspecified atom stereocenters. The summed E-state index contributed by atoms with van der Waals surface area (Å²) in [6.45, 7) is 4.91. The monoisotopic (exact) mass is 874 g/mol. The second kappa shape index (κ2) is 52.0. The van der Waals surface area contributed by atoms with Crippen LogP contribution < -0.4 is 5.32 Å². The quantitative estimate of drug-likeness (QED) is 0.0321. The number of allylic oxidation sites excluding steroid dienone is 4. The van der Waals surface area contributed by atoms with Crippen LogP contribution in [0.25, 0.3) is 0 Å². The van der Waals surface area contributed by atoms with Crippen molar-refractivity contribution in [2.75, 3.05) is 13.2 Å². The first kappa shape index (κ1) is 60.3. The van der Waals surface area contributed by atoms with E-state index in [0.717, 1.165) is 57.8 Å². The van der Waals surface area contributed by atoms with Gasteiger partial charge >= 0.3 is 5.97 Å². The van der Waals surface area contributed by atoms with Crippen LogP contribution in [0.1, 0.15) is 296 Å². The van der Waals surface area contributed by atoms with Crippen LogP contribution in [0.15, 0.2) is 24.3 Å². The van der Waals surface area contributed by atoms with Crippen molar-refractivity contribution >= 4 is 11.9 Å². The Hall–Kier alpha value is -1.66. The number of aliphatic hydroxyl groups excluding tert-OH is 2. The van der Waals surface area contributed by atoms with Crippen LogP contribution >= 0.6 is 0 Å². The molecule has 0 fully saturated rings. The zero-order chi connectivity index (χ0) is 45.1. The van der Waals surface area contributed by atoms with Crippen molar-refractivity contribution in [3.05, 3.63) is 24.3 Å². The predicted octanol–water partition coefficient (Wildman–Crippen LogP) is 16.7. The number of unbranched alkanes of at least 4 members (excludes halogenated alkanes) is 36. The second-order valence-electron chi connectivity index (χ2n) is 18.9. The predicted molar refractivity (Wildman–Crippen MR) is 269 cm³/mol. The second-order valence-corrected chi connectivity index (χ2v) is 18.9. The number of rotatable bonds is 51. The average Bonchev–Trinajstić information content (AvgIpc) is 3.27. The highest BCUT2D eigenvalue weighted by molar-refractivity contribution is 5.76. The summed E-state index contributed by atoms with van der Waals surface area (Å²) in [5, 5.41) is 23.2. The van der Waals surface area contributed by atoms with Crippen molar-refractivity contribution in [2.45, 2.75) is 309 Å². The minimum atomic E-state index is -0.671. The molecule has 0 radical (unpaired) electrons. The topological polar surface area (TPSA) is 95.9 Å². The van der Waals surface area contributed by atoms with E-state index in [9.17, 15) is 19.8 Å². The number of nitrogens with one attached hydrogen (secondary N) is 1. The molecule has 0 aromatic heterocycles. The number of hydrogen-bond donors (Lipinski definition) is 3. The highest BCUT2D eigenvalue weighted by Gasteiger charge is 2.20. The van der Waals surface area contributed by atoms with E-state index >= 15 is 0 Å². The first-order chi connectivity index (χ1) is 30.5. The normalized spacial score (nSPS) is 12.8. The van der Waals surface area contributed by atoms with Crippen molar-refractivity contribution < 1.29 is 24.5 Å². The van der Waals surface area contributed by atoms with Gasteiger partial charge in [0.25, 0.3) is 0 Å². The van der Waals surface area contributed by atoms with Gasteiger partial charge in [0.15, 0.2) is 0 Å². The molecule has 0 aliphatic carbocycles. The third-order valence-electron chi connectivity index (χ3n) is 12.8. The van der Waals surface area contributed by atoms with Crippen molar-refractivity contribution in [3.8, 4) is 0 Å². The van der Waals surface area contributed by atoms with Gasteiger partial charge in [0.1, 0.15) is 0 Å². The molecule has 6 nitrogen and oxygen atoms in total. The molecule has 2 atom stereocenters. The Bertz CT molecular complexity index is 966. The summed E-state index contributed by atoms with van der Waals surface area (Å²) in [7, 11) is 0. The molecule has 0 saturated carbocycles. The van der Waals surface area contributed by atoms with Gasteiger partial charge in [-0.05, 0) is 57.8 Å². The lowest BCUT2D eigenvalue weighted by atomic mass is 10.0. The molecule has 6 heteroatoms. The Labute approximate surface area is 386 Å². The smallest absolute Gasteiger partial charge is 0.305 e. The molecule has 0 aromatic rings. The summed E-state index contributed by atoms with van der Waals surface area (Å²) in [5.74, 6) is -0.0549. The Morgan fingerprint density at radius 2 is 0.806 bits per heavy atom. The van der Waals surface area contributed by atoms with E-state index in [0.29, 0.717) is 25.9 Å². The maximum Gasteiger partial charge on any atom is 0.305 e. The molecule has 0 bridgehead atoms. The molecule has 0 aromatic carbocycles. The minimum Gasteiger partial charge on any atom is -0.466 e. The lowest BCUT2D eigenvalue weighted by Crippen LogP contribution is -2.45. The van der Waals surface area contributed by atoms with Crippen LogP contribution in [-0.2, 0) is 14.3 Å². The molecular weight excluding hydrogens is 767 g/mol. The van der Waals surface area contributed by atoms with Crippen LogP contribution in [0.4, 0.5) is 0 Å². The fraction of sp³-hybridized carbons (Fsp3) is 0.893. The number of esters is 1. The highest BCUT2D eigenvalue weighted by Crippen LogP contribution is 2.17. The molecule has 1 amide bonds. The van der Waals surface area contributed by atoms with Gasteiger partial charge in [0.05, 0.1) is 25.4 Å². The number of carbonyl (C=O) groups is 2. The number of hydrogen-bond acceptors (Lipinski definition) is 5. The van der Waals surface area contributed by atoms with Crippen molar-refractivity contribution in [1.29, 1.82) is 0 Å². The van der Waals surface area contributed by atoms with Crippen LogP contribution in [0, 0.1) is 0 Å². The van der Waals surface area contributed by atoms with Gasteiger partial charge in [-0.25, -0.2) is 0 Å². The Kier molecular flexibility index (Phi) is 50.6. The Morgan fingerprint density at radius 1 is 0.452 bits per heavy atom. The van der Waals surface area contributed by atoms with Gasteiger partial charge in [0.2, 0.25) is 5.91 Å². The molecule has 0 spiro atoms. The van der Waals surface area contributed by atoms with Crippen LogP contribution in [0.2, 0.25) is 0 Å². The fourth-order valence-electron chi connectivity index (χ4n) is 8.49. The average molecular weight is 874 g/mol. The number of amides is 1. The zero-order valence-electron chi connectivity index (χ0n) is 41.6. The van der Waals surface area contributed by atoms with E-state index in [1.807, 2.05) is 0 Å². The van der Waals surface area contributed by atoms with Crippen molar-refractivity contribution in [2.24, 2.45) is 0 Å². The third kappa shape index (κ3) is 47.8.